The maximum atomic E-state index is 8.38. The molecule has 0 N–H and O–H groups in total. The van der Waals surface area contributed by atoms with Gasteiger partial charge in [0, 0.05) is 0 Å². The van der Waals surface area contributed by atoms with Crippen molar-refractivity contribution >= 4 is 43.2 Å². The molecule has 0 amide bonds. The third-order valence-electron chi connectivity index (χ3n) is 0. The van der Waals surface area contributed by atoms with Gasteiger partial charge in [-0.05, 0) is 0 Å². The Morgan fingerprint density at radius 1 is 1.25 bits per heavy atom. The van der Waals surface area contributed by atoms with Crippen LogP contribution in [0, 0.1) is 0 Å². The molecule has 0 aliphatic heterocycles. The Balaban J connectivity index is -0.00000000500. The zero-order valence-electron chi connectivity index (χ0n) is 1.12. The van der Waals surface area contributed by atoms with E-state index in [1.165, 1.54) is 0 Å². The topological polar surface area (TPSA) is 17.1 Å². The predicted octanol–water partition coefficient (Wildman–Crippen LogP) is -2.49. The molecule has 0 aromatic rings. The van der Waals surface area contributed by atoms with Crippen LogP contribution < -0.4 is 0 Å². The van der Waals surface area contributed by atoms with E-state index in [2.05, 4.69) is 0 Å². The first-order valence-electron chi connectivity index (χ1n) is 0.289. The van der Waals surface area contributed by atoms with Crippen molar-refractivity contribution in [2.45, 2.75) is 0 Å². The van der Waals surface area contributed by atoms with Crippen molar-refractivity contribution in [3.63, 3.8) is 0 Å². The van der Waals surface area contributed by atoms with E-state index in [0.717, 1.165) is 0 Å². The molecule has 0 unspecified atom stereocenters. The van der Waals surface area contributed by atoms with Crippen LogP contribution >= 0.6 is 0 Å². The van der Waals surface area contributed by atoms with E-state index < -0.39 is 0 Å². The quantitative estimate of drug-likeness (QED) is 0.420. The molecule has 0 fully saturated rings. The minimum atomic E-state index is 0. The summed E-state index contributed by atoms with van der Waals surface area (Å²) in [5.74, 6) is 0. The van der Waals surface area contributed by atoms with Crippen molar-refractivity contribution in [3.8, 4) is 0 Å². The molecule has 0 spiro atoms. The van der Waals surface area contributed by atoms with Gasteiger partial charge in [0.1, 0.15) is 0 Å². The first-order valence-corrected chi connectivity index (χ1v) is 1.50. The van der Waals surface area contributed by atoms with Gasteiger partial charge >= 0.3 is 47.7 Å². The monoisotopic (exact) mass is 228 g/mol. The van der Waals surface area contributed by atoms with Crippen LogP contribution in [0.1, 0.15) is 0 Å². The van der Waals surface area contributed by atoms with E-state index in [4.69, 9.17) is 3.57 Å². The van der Waals surface area contributed by atoms with Crippen LogP contribution in [0.25, 0.3) is 0 Å². The van der Waals surface area contributed by atoms with E-state index in [1.54, 1.807) is 0 Å². The molecule has 1 nitrogen and oxygen atoms in total. The van der Waals surface area contributed by atoms with Gasteiger partial charge in [-0.3, -0.25) is 0 Å². The Labute approximate surface area is 64.4 Å². The summed E-state index contributed by atoms with van der Waals surface area (Å²) >= 11 is 0.125. The summed E-state index contributed by atoms with van der Waals surface area (Å²) in [4.78, 5) is 0. The fourth-order valence-corrected chi connectivity index (χ4v) is 0. The summed E-state index contributed by atoms with van der Waals surface area (Å²) < 4.78 is 8.38. The second-order valence-corrected chi connectivity index (χ2v) is 0. The van der Waals surface area contributed by atoms with E-state index >= 15 is 0 Å². The van der Waals surface area contributed by atoms with Crippen LogP contribution in [0.15, 0.2) is 0 Å². The molecular formula is H6AlInOZn. The molecule has 0 bridgehead atoms. The molecule has 0 radical (unpaired) electrons. The van der Waals surface area contributed by atoms with Crippen molar-refractivity contribution in [3.05, 3.63) is 0 Å². The molecule has 0 aliphatic rings. The molecule has 4 heteroatoms. The number of hydrogen-bond donors (Lipinski definition) is 0. The van der Waals surface area contributed by atoms with E-state index in [-0.39, 0.29) is 61.5 Å². The third-order valence-corrected chi connectivity index (χ3v) is 0. The van der Waals surface area contributed by atoms with Crippen LogP contribution in [0.5, 0.6) is 0 Å². The van der Waals surface area contributed by atoms with Crippen LogP contribution in [-0.2, 0) is 21.8 Å². The van der Waals surface area contributed by atoms with Gasteiger partial charge in [-0.1, -0.05) is 0 Å². The predicted molar refractivity (Wildman–Crippen MR) is 20.6 cm³/mol. The summed E-state index contributed by atoms with van der Waals surface area (Å²) in [7, 11) is 0. The van der Waals surface area contributed by atoms with Crippen molar-refractivity contribution in [1.82, 2.24) is 0 Å². The van der Waals surface area contributed by atoms with Crippen molar-refractivity contribution in [1.29, 1.82) is 0 Å². The second kappa shape index (κ2) is 21.2. The normalized spacial score (nSPS) is 1.50. The Kier molecular flexibility index (Phi) is 90.0. The van der Waals surface area contributed by atoms with Crippen LogP contribution in [0.3, 0.4) is 0 Å². The van der Waals surface area contributed by atoms with Gasteiger partial charge in [0.25, 0.3) is 0 Å². The number of rotatable bonds is 0. The molecule has 0 saturated carbocycles. The van der Waals surface area contributed by atoms with Gasteiger partial charge in [0.15, 0.2) is 17.4 Å². The van der Waals surface area contributed by atoms with Gasteiger partial charge in [-0.25, -0.2) is 0 Å². The summed E-state index contributed by atoms with van der Waals surface area (Å²) in [5, 5.41) is 0. The van der Waals surface area contributed by atoms with Gasteiger partial charge in [-0.2, -0.15) is 0 Å². The van der Waals surface area contributed by atoms with Crippen LogP contribution in [0.4, 0.5) is 0 Å². The Hall–Kier alpha value is 1.83. The van der Waals surface area contributed by atoms with E-state index in [1.807, 2.05) is 0 Å². The molecule has 0 heterocycles. The first kappa shape index (κ1) is 17.0. The van der Waals surface area contributed by atoms with Gasteiger partial charge < -0.3 is 0 Å². The average Bonchev–Trinajstić information content (AvgIpc) is 1.00. The van der Waals surface area contributed by atoms with Crippen molar-refractivity contribution in [2.24, 2.45) is 0 Å². The molecule has 0 atom stereocenters. The molecular weight excluding hydrogens is 223 g/mol. The van der Waals surface area contributed by atoms with Crippen LogP contribution in [0.2, 0.25) is 0 Å². The van der Waals surface area contributed by atoms with E-state index in [9.17, 15) is 0 Å². The van der Waals surface area contributed by atoms with Gasteiger partial charge in [-0.15, -0.1) is 0 Å². The molecule has 0 saturated heterocycles. The molecule has 0 aromatic heterocycles. The second-order valence-electron chi connectivity index (χ2n) is 0. The standard InChI is InChI=1S/Al.In.O.Zn.6H. The SMILES string of the molecule is [AlH3].[InH3].[O]=[Zn]. The molecule has 4 heavy (non-hydrogen) atoms. The minimum absolute atomic E-state index is 0. The summed E-state index contributed by atoms with van der Waals surface area (Å²) in [6.07, 6.45) is 0. The maximum absolute atomic E-state index is 8.38. The zero-order chi connectivity index (χ0) is 2.00. The Bertz CT molecular complexity index is 8.00. The summed E-state index contributed by atoms with van der Waals surface area (Å²) in [6, 6.07) is 0. The van der Waals surface area contributed by atoms with Gasteiger partial charge in [0.05, 0.1) is 0 Å². The average molecular weight is 229 g/mol. The molecule has 20 valence electrons. The summed E-state index contributed by atoms with van der Waals surface area (Å²) in [6.45, 7) is 0. The fraction of sp³-hybridized carbons (Fsp3) is 0. The zero-order valence-corrected chi connectivity index (χ0v) is 4.08. The molecule has 0 aromatic carbocycles. The van der Waals surface area contributed by atoms with Crippen LogP contribution in [-0.4, -0.2) is 43.2 Å². The van der Waals surface area contributed by atoms with Crippen molar-refractivity contribution in [2.75, 3.05) is 0 Å². The number of hydrogen-bond acceptors (Lipinski definition) is 1. The summed E-state index contributed by atoms with van der Waals surface area (Å²) in [5.41, 5.74) is 0. The van der Waals surface area contributed by atoms with Crippen molar-refractivity contribution < 1.29 is 21.8 Å². The molecule has 0 aliphatic carbocycles. The molecule has 0 rings (SSSR count). The fourth-order valence-electron chi connectivity index (χ4n) is 0. The Morgan fingerprint density at radius 2 is 1.25 bits per heavy atom. The Morgan fingerprint density at radius 3 is 1.25 bits per heavy atom. The van der Waals surface area contributed by atoms with E-state index in [0.29, 0.717) is 0 Å². The first-order chi connectivity index (χ1) is 1.00. The van der Waals surface area contributed by atoms with Gasteiger partial charge in [0.2, 0.25) is 0 Å². The third kappa shape index (κ3) is 9.16.